The minimum Gasteiger partial charge on any atom is -0.339 e. The van der Waals surface area contributed by atoms with Crippen molar-refractivity contribution in [3.8, 4) is 0 Å². The lowest BCUT2D eigenvalue weighted by atomic mass is 10.1. The van der Waals surface area contributed by atoms with Gasteiger partial charge < -0.3 is 4.90 Å². The largest absolute Gasteiger partial charge is 0.339 e. The highest BCUT2D eigenvalue weighted by molar-refractivity contribution is 5.94. The zero-order valence-corrected chi connectivity index (χ0v) is 7.90. The highest BCUT2D eigenvalue weighted by atomic mass is 16.2. The van der Waals surface area contributed by atoms with E-state index >= 15 is 0 Å². The Hall–Kier alpha value is -1.32. The summed E-state index contributed by atoms with van der Waals surface area (Å²) in [5.74, 6) is 0.344. The fourth-order valence-electron chi connectivity index (χ4n) is 1.53. The summed E-state index contributed by atoms with van der Waals surface area (Å²) in [6, 6.07) is 0. The monoisotopic (exact) mass is 179 g/mol. The predicted molar refractivity (Wildman–Crippen MR) is 50.1 cm³/mol. The van der Waals surface area contributed by atoms with Crippen LogP contribution in [-0.2, 0) is 4.79 Å². The summed E-state index contributed by atoms with van der Waals surface area (Å²) in [6.07, 6.45) is 3.83. The summed E-state index contributed by atoms with van der Waals surface area (Å²) >= 11 is 0. The zero-order chi connectivity index (χ0) is 9.42. The minimum absolute atomic E-state index is 0.0787. The average molecular weight is 179 g/mol. The lowest BCUT2D eigenvalue weighted by Gasteiger charge is -2.34. The highest BCUT2D eigenvalue weighted by Crippen LogP contribution is 2.19. The van der Waals surface area contributed by atoms with E-state index < -0.39 is 0 Å². The van der Waals surface area contributed by atoms with Crippen LogP contribution in [-0.4, -0.2) is 42.2 Å². The van der Waals surface area contributed by atoms with Crippen molar-refractivity contribution in [3.63, 3.8) is 0 Å². The summed E-state index contributed by atoms with van der Waals surface area (Å²) in [5.41, 5.74) is 0.726. The molecule has 0 N–H and O–H groups in total. The molecular weight excluding hydrogens is 166 g/mol. The number of piperazine rings is 1. The molecule has 2 aliphatic heterocycles. The number of likely N-dealkylation sites (N-methyl/N-ethyl adjacent to an activating group) is 1. The van der Waals surface area contributed by atoms with Crippen molar-refractivity contribution in [2.75, 3.05) is 20.1 Å². The van der Waals surface area contributed by atoms with Gasteiger partial charge in [-0.15, -0.1) is 0 Å². The minimum atomic E-state index is 0.0787. The Balaban J connectivity index is 2.28. The van der Waals surface area contributed by atoms with Gasteiger partial charge in [0.25, 0.3) is 5.91 Å². The maximum atomic E-state index is 11.6. The summed E-state index contributed by atoms with van der Waals surface area (Å²) < 4.78 is 0. The topological polar surface area (TPSA) is 35.9 Å². The number of carbonyl (C=O) groups is 1. The number of rotatable bonds is 0. The number of hydrogen-bond donors (Lipinski definition) is 0. The fourth-order valence-corrected chi connectivity index (χ4v) is 1.53. The molecule has 1 unspecified atom stereocenters. The predicted octanol–water partition coefficient (Wildman–Crippen LogP) is 0.280. The SMILES string of the molecule is CC1C=NN2CCN(C)C(=O)C2=C1. The molecule has 2 aliphatic rings. The molecule has 0 aromatic rings. The van der Waals surface area contributed by atoms with Gasteiger partial charge in [-0.25, -0.2) is 0 Å². The van der Waals surface area contributed by atoms with Gasteiger partial charge in [0, 0.05) is 25.7 Å². The van der Waals surface area contributed by atoms with Gasteiger partial charge in [0.15, 0.2) is 0 Å². The van der Waals surface area contributed by atoms with E-state index in [4.69, 9.17) is 0 Å². The third-order valence-electron chi connectivity index (χ3n) is 2.35. The van der Waals surface area contributed by atoms with E-state index in [1.807, 2.05) is 26.3 Å². The van der Waals surface area contributed by atoms with Crippen LogP contribution >= 0.6 is 0 Å². The highest BCUT2D eigenvalue weighted by Gasteiger charge is 2.28. The van der Waals surface area contributed by atoms with Gasteiger partial charge in [-0.05, 0) is 6.08 Å². The third-order valence-corrected chi connectivity index (χ3v) is 2.35. The summed E-state index contributed by atoms with van der Waals surface area (Å²) in [4.78, 5) is 13.4. The van der Waals surface area contributed by atoms with E-state index in [0.29, 0.717) is 0 Å². The van der Waals surface area contributed by atoms with Crippen LogP contribution in [0.5, 0.6) is 0 Å². The van der Waals surface area contributed by atoms with E-state index in [2.05, 4.69) is 5.10 Å². The van der Waals surface area contributed by atoms with Crippen molar-refractivity contribution in [2.24, 2.45) is 11.0 Å². The van der Waals surface area contributed by atoms with Gasteiger partial charge in [0.2, 0.25) is 0 Å². The molecule has 0 spiro atoms. The first-order chi connectivity index (χ1) is 6.18. The quantitative estimate of drug-likeness (QED) is 0.535. The average Bonchev–Trinajstić information content (AvgIpc) is 2.12. The number of carbonyl (C=O) groups excluding carboxylic acids is 1. The second-order valence-corrected chi connectivity index (χ2v) is 3.53. The van der Waals surface area contributed by atoms with Gasteiger partial charge in [0.1, 0.15) is 5.70 Å². The molecule has 0 bridgehead atoms. The standard InChI is InChI=1S/C9H13N3O/c1-7-5-8-9(13)11(2)3-4-12(8)10-6-7/h5-7H,3-4H2,1-2H3. The van der Waals surface area contributed by atoms with Crippen molar-refractivity contribution in [3.05, 3.63) is 11.8 Å². The van der Waals surface area contributed by atoms with E-state index in [9.17, 15) is 4.79 Å². The number of hydrogen-bond acceptors (Lipinski definition) is 3. The first-order valence-corrected chi connectivity index (χ1v) is 4.47. The maximum absolute atomic E-state index is 11.6. The Kier molecular flexibility index (Phi) is 1.83. The van der Waals surface area contributed by atoms with Crippen molar-refractivity contribution in [1.82, 2.24) is 9.91 Å². The Bertz CT molecular complexity index is 295. The van der Waals surface area contributed by atoms with Gasteiger partial charge in [-0.3, -0.25) is 9.80 Å². The molecule has 0 radical (unpaired) electrons. The van der Waals surface area contributed by atoms with E-state index in [0.717, 1.165) is 18.8 Å². The Morgan fingerprint density at radius 2 is 2.31 bits per heavy atom. The second-order valence-electron chi connectivity index (χ2n) is 3.53. The molecule has 1 atom stereocenters. The van der Waals surface area contributed by atoms with Crippen molar-refractivity contribution >= 4 is 12.1 Å². The molecular formula is C9H13N3O. The van der Waals surface area contributed by atoms with Crippen LogP contribution in [0.4, 0.5) is 0 Å². The van der Waals surface area contributed by atoms with Crippen LogP contribution in [0.3, 0.4) is 0 Å². The van der Waals surface area contributed by atoms with Crippen LogP contribution in [0.2, 0.25) is 0 Å². The second kappa shape index (κ2) is 2.87. The Labute approximate surface area is 77.5 Å². The lowest BCUT2D eigenvalue weighted by Crippen LogP contribution is -2.45. The van der Waals surface area contributed by atoms with Crippen LogP contribution in [0.15, 0.2) is 16.9 Å². The first-order valence-electron chi connectivity index (χ1n) is 4.47. The third kappa shape index (κ3) is 1.32. The van der Waals surface area contributed by atoms with Gasteiger partial charge in [-0.1, -0.05) is 6.92 Å². The van der Waals surface area contributed by atoms with E-state index in [-0.39, 0.29) is 11.8 Å². The van der Waals surface area contributed by atoms with Crippen LogP contribution in [0.25, 0.3) is 0 Å². The van der Waals surface area contributed by atoms with Crippen molar-refractivity contribution in [1.29, 1.82) is 0 Å². The summed E-state index contributed by atoms with van der Waals surface area (Å²) in [7, 11) is 1.82. The molecule has 0 aromatic carbocycles. The molecule has 0 saturated carbocycles. The molecule has 1 fully saturated rings. The molecule has 1 amide bonds. The molecule has 13 heavy (non-hydrogen) atoms. The number of amides is 1. The van der Waals surface area contributed by atoms with Crippen LogP contribution < -0.4 is 0 Å². The molecule has 2 rings (SSSR count). The molecule has 4 heteroatoms. The van der Waals surface area contributed by atoms with Crippen molar-refractivity contribution < 1.29 is 4.79 Å². The zero-order valence-electron chi connectivity index (χ0n) is 7.90. The number of nitrogens with zero attached hydrogens (tertiary/aromatic N) is 3. The number of hydrazone groups is 1. The molecule has 1 saturated heterocycles. The number of fused-ring (bicyclic) bond motifs is 1. The Morgan fingerprint density at radius 1 is 1.54 bits per heavy atom. The maximum Gasteiger partial charge on any atom is 0.271 e. The first kappa shape index (κ1) is 8.29. The summed E-state index contributed by atoms with van der Waals surface area (Å²) in [6.45, 7) is 3.58. The molecule has 0 aliphatic carbocycles. The normalized spacial score (nSPS) is 27.4. The number of allylic oxidation sites excluding steroid dienone is 1. The van der Waals surface area contributed by atoms with Crippen LogP contribution in [0.1, 0.15) is 6.92 Å². The summed E-state index contributed by atoms with van der Waals surface area (Å²) in [5, 5.41) is 5.99. The van der Waals surface area contributed by atoms with Crippen molar-refractivity contribution in [2.45, 2.75) is 6.92 Å². The van der Waals surface area contributed by atoms with E-state index in [1.54, 1.807) is 9.91 Å². The molecule has 2 heterocycles. The smallest absolute Gasteiger partial charge is 0.271 e. The molecule has 0 aromatic heterocycles. The van der Waals surface area contributed by atoms with E-state index in [1.165, 1.54) is 0 Å². The van der Waals surface area contributed by atoms with Gasteiger partial charge >= 0.3 is 0 Å². The van der Waals surface area contributed by atoms with Crippen LogP contribution in [0, 0.1) is 5.92 Å². The Morgan fingerprint density at radius 3 is 3.08 bits per heavy atom. The van der Waals surface area contributed by atoms with Gasteiger partial charge in [-0.2, -0.15) is 5.10 Å². The van der Waals surface area contributed by atoms with Gasteiger partial charge in [0.05, 0.1) is 6.54 Å². The molecule has 4 nitrogen and oxygen atoms in total. The lowest BCUT2D eigenvalue weighted by molar-refractivity contribution is -0.130. The molecule has 70 valence electrons. The fraction of sp³-hybridized carbons (Fsp3) is 0.556.